The van der Waals surface area contributed by atoms with Gasteiger partial charge in [-0.05, 0) is 59.0 Å². The van der Waals surface area contributed by atoms with Gasteiger partial charge in [-0.2, -0.15) is 0 Å². The van der Waals surface area contributed by atoms with E-state index in [4.69, 9.17) is 28.4 Å². The summed E-state index contributed by atoms with van der Waals surface area (Å²) in [5, 5.41) is 11.4. The van der Waals surface area contributed by atoms with Crippen LogP contribution in [0.15, 0.2) is 66.2 Å². The second-order valence-electron chi connectivity index (χ2n) is 7.70. The number of ether oxygens (including phenoxy) is 6. The summed E-state index contributed by atoms with van der Waals surface area (Å²) in [7, 11) is 9.60. The van der Waals surface area contributed by atoms with Gasteiger partial charge in [-0.1, -0.05) is 0 Å². The molecule has 2 aromatic rings. The van der Waals surface area contributed by atoms with Crippen molar-refractivity contribution < 1.29 is 33.5 Å². The molecule has 0 saturated carbocycles. The van der Waals surface area contributed by atoms with Crippen LogP contribution in [0.1, 0.15) is 28.7 Å². The number of aliphatic hydroxyl groups is 1. The largest absolute Gasteiger partial charge is 0.504 e. The highest BCUT2D eigenvalue weighted by molar-refractivity contribution is 5.61. The Morgan fingerprint density at radius 1 is 0.706 bits per heavy atom. The molecule has 0 fully saturated rings. The topological polar surface area (TPSA) is 75.6 Å². The van der Waals surface area contributed by atoms with Crippen molar-refractivity contribution in [2.75, 3.05) is 42.7 Å². The fourth-order valence-electron chi connectivity index (χ4n) is 4.30. The minimum absolute atomic E-state index is 0.182. The summed E-state index contributed by atoms with van der Waals surface area (Å²) in [4.78, 5) is 0. The van der Waals surface area contributed by atoms with Crippen LogP contribution >= 0.6 is 0 Å². The number of aliphatic hydroxyl groups excluding tert-OH is 1. The number of hydrogen-bond acceptors (Lipinski definition) is 7. The molecule has 1 aliphatic rings. The van der Waals surface area contributed by atoms with Crippen LogP contribution in [0.4, 0.5) is 0 Å². The van der Waals surface area contributed by atoms with Gasteiger partial charge < -0.3 is 33.5 Å². The maximum absolute atomic E-state index is 11.4. The van der Waals surface area contributed by atoms with Crippen molar-refractivity contribution in [3.63, 3.8) is 0 Å². The van der Waals surface area contributed by atoms with Crippen molar-refractivity contribution in [1.82, 2.24) is 0 Å². The third-order valence-electron chi connectivity index (χ3n) is 5.87. The zero-order chi connectivity index (χ0) is 24.7. The first-order valence-electron chi connectivity index (χ1n) is 10.8. The highest BCUT2D eigenvalue weighted by atomic mass is 16.5. The van der Waals surface area contributed by atoms with E-state index in [9.17, 15) is 5.11 Å². The number of benzene rings is 2. The van der Waals surface area contributed by atoms with Crippen molar-refractivity contribution >= 4 is 0 Å². The monoisotopic (exact) mass is 468 g/mol. The molecule has 0 radical (unpaired) electrons. The molecule has 1 N–H and O–H groups in total. The van der Waals surface area contributed by atoms with Crippen molar-refractivity contribution in [2.24, 2.45) is 0 Å². The smallest absolute Gasteiger partial charge is 0.126 e. The molecule has 7 heteroatoms. The van der Waals surface area contributed by atoms with Gasteiger partial charge in [-0.25, -0.2) is 0 Å². The molecule has 0 bridgehead atoms. The van der Waals surface area contributed by atoms with Crippen LogP contribution in [0.3, 0.4) is 0 Å². The molecule has 0 aromatic heterocycles. The molecule has 182 valence electrons. The quantitative estimate of drug-likeness (QED) is 0.506. The van der Waals surface area contributed by atoms with Crippen molar-refractivity contribution in [3.8, 4) is 23.0 Å². The fourth-order valence-corrected chi connectivity index (χ4v) is 4.30. The van der Waals surface area contributed by atoms with Crippen LogP contribution in [-0.2, 0) is 15.9 Å². The maximum atomic E-state index is 11.4. The second kappa shape index (κ2) is 11.5. The molecule has 34 heavy (non-hydrogen) atoms. The fraction of sp³-hybridized carbons (Fsp3) is 0.333. The molecule has 2 unspecified atom stereocenters. The lowest BCUT2D eigenvalue weighted by molar-refractivity contribution is 0.210. The minimum Gasteiger partial charge on any atom is -0.504 e. The van der Waals surface area contributed by atoms with Gasteiger partial charge in [0.2, 0.25) is 0 Å². The summed E-state index contributed by atoms with van der Waals surface area (Å²) in [6, 6.07) is 9.47. The van der Waals surface area contributed by atoms with Crippen molar-refractivity contribution in [2.45, 2.75) is 18.4 Å². The summed E-state index contributed by atoms with van der Waals surface area (Å²) in [5.74, 6) is 2.45. The number of allylic oxidation sites excluding steroid dienone is 2. The van der Waals surface area contributed by atoms with E-state index in [1.807, 2.05) is 36.4 Å². The molecule has 0 aliphatic heterocycles. The summed E-state index contributed by atoms with van der Waals surface area (Å²) in [5.41, 5.74) is 4.15. The maximum Gasteiger partial charge on any atom is 0.126 e. The Morgan fingerprint density at radius 3 is 1.79 bits per heavy atom. The van der Waals surface area contributed by atoms with Gasteiger partial charge in [0, 0.05) is 23.6 Å². The minimum atomic E-state index is -0.919. The Morgan fingerprint density at radius 2 is 1.26 bits per heavy atom. The van der Waals surface area contributed by atoms with Crippen LogP contribution < -0.4 is 18.9 Å². The van der Waals surface area contributed by atoms with E-state index in [1.54, 1.807) is 61.3 Å². The van der Waals surface area contributed by atoms with Crippen LogP contribution in [0, 0.1) is 0 Å². The molecule has 0 heterocycles. The zero-order valence-corrected chi connectivity index (χ0v) is 20.5. The first-order valence-corrected chi connectivity index (χ1v) is 10.8. The van der Waals surface area contributed by atoms with Gasteiger partial charge in [0.05, 0.1) is 55.2 Å². The summed E-state index contributed by atoms with van der Waals surface area (Å²) in [6.07, 6.45) is 6.46. The third kappa shape index (κ3) is 5.15. The van der Waals surface area contributed by atoms with Gasteiger partial charge in [0.1, 0.15) is 29.1 Å². The summed E-state index contributed by atoms with van der Waals surface area (Å²) >= 11 is 0. The van der Waals surface area contributed by atoms with E-state index in [0.29, 0.717) is 40.6 Å². The molecule has 1 aliphatic carbocycles. The van der Waals surface area contributed by atoms with Crippen LogP contribution in [0.5, 0.6) is 23.0 Å². The Bertz CT molecular complexity index is 1060. The predicted octanol–water partition coefficient (Wildman–Crippen LogP) is 4.71. The van der Waals surface area contributed by atoms with Crippen LogP contribution in [0.25, 0.3) is 0 Å². The van der Waals surface area contributed by atoms with E-state index in [0.717, 1.165) is 16.7 Å². The lowest BCUT2D eigenvalue weighted by Crippen LogP contribution is -2.21. The third-order valence-corrected chi connectivity index (χ3v) is 5.87. The van der Waals surface area contributed by atoms with E-state index in [2.05, 4.69) is 0 Å². The lowest BCUT2D eigenvalue weighted by atomic mass is 9.73. The van der Waals surface area contributed by atoms with Gasteiger partial charge in [0.25, 0.3) is 0 Å². The van der Waals surface area contributed by atoms with Gasteiger partial charge in [0.15, 0.2) is 0 Å². The Hall–Kier alpha value is -3.58. The molecule has 0 spiro atoms. The first-order chi connectivity index (χ1) is 16.5. The average molecular weight is 469 g/mol. The number of hydrogen-bond donors (Lipinski definition) is 1. The van der Waals surface area contributed by atoms with E-state index >= 15 is 0 Å². The Labute approximate surface area is 200 Å². The Balaban J connectivity index is 2.29. The highest BCUT2D eigenvalue weighted by Gasteiger charge is 2.35. The number of rotatable bonds is 10. The average Bonchev–Trinajstić information content (AvgIpc) is 2.87. The molecule has 2 aromatic carbocycles. The second-order valence-corrected chi connectivity index (χ2v) is 7.70. The molecular formula is C27H32O7. The predicted molar refractivity (Wildman–Crippen MR) is 130 cm³/mol. The number of fused-ring (bicyclic) bond motifs is 1. The Kier molecular flexibility index (Phi) is 8.49. The lowest BCUT2D eigenvalue weighted by Gasteiger charge is -2.34. The molecule has 3 rings (SSSR count). The van der Waals surface area contributed by atoms with Gasteiger partial charge in [-0.15, -0.1) is 0 Å². The standard InChI is InChI=1S/C27H32O7/c1-29-9-7-21-22(8-10-30-2)27(28)24-15-20(33-5)16-25(34-6)26(24)23(21)13-17-11-18(31-3)14-19(12-17)32-4/h7-12,14-16,23,27-28H,13H2,1-6H3/b9-7+,10-8+. The van der Waals surface area contributed by atoms with Crippen LogP contribution in [0.2, 0.25) is 0 Å². The SMILES string of the molecule is CO/C=C/C1=C(/C=C/OC)C(Cc2cc(OC)cc(OC)c2)c2c(OC)cc(OC)cc2C1O. The van der Waals surface area contributed by atoms with E-state index < -0.39 is 6.10 Å². The van der Waals surface area contributed by atoms with Crippen LogP contribution in [-0.4, -0.2) is 47.8 Å². The van der Waals surface area contributed by atoms with E-state index in [1.165, 1.54) is 0 Å². The highest BCUT2D eigenvalue weighted by Crippen LogP contribution is 2.49. The number of methoxy groups -OCH3 is 6. The van der Waals surface area contributed by atoms with E-state index in [-0.39, 0.29) is 5.92 Å². The normalized spacial score (nSPS) is 17.6. The molecule has 7 nitrogen and oxygen atoms in total. The van der Waals surface area contributed by atoms with Gasteiger partial charge in [-0.3, -0.25) is 0 Å². The zero-order valence-electron chi connectivity index (χ0n) is 20.5. The molecule has 0 amide bonds. The molecular weight excluding hydrogens is 436 g/mol. The first kappa shape index (κ1) is 25.1. The summed E-state index contributed by atoms with van der Waals surface area (Å²) in [6.45, 7) is 0. The van der Waals surface area contributed by atoms with Gasteiger partial charge >= 0.3 is 0 Å². The summed E-state index contributed by atoms with van der Waals surface area (Å²) < 4.78 is 32.6. The van der Waals surface area contributed by atoms with Crippen molar-refractivity contribution in [1.29, 1.82) is 0 Å². The van der Waals surface area contributed by atoms with Crippen molar-refractivity contribution in [3.05, 3.63) is 82.8 Å². The molecule has 2 atom stereocenters. The molecule has 0 saturated heterocycles.